The van der Waals surface area contributed by atoms with Gasteiger partial charge in [-0.15, -0.1) is 0 Å². The summed E-state index contributed by atoms with van der Waals surface area (Å²) in [5, 5.41) is 6.68. The summed E-state index contributed by atoms with van der Waals surface area (Å²) in [5.41, 5.74) is 6.16. The van der Waals surface area contributed by atoms with E-state index >= 15 is 0 Å². The van der Waals surface area contributed by atoms with E-state index in [0.29, 0.717) is 0 Å². The summed E-state index contributed by atoms with van der Waals surface area (Å²) in [6, 6.07) is 37.7. The first kappa shape index (κ1) is 26.0. The molecule has 0 heterocycles. The van der Waals surface area contributed by atoms with E-state index in [4.69, 9.17) is 4.99 Å². The molecule has 1 N–H and O–H groups in total. The van der Waals surface area contributed by atoms with Crippen LogP contribution in [-0.2, 0) is 5.41 Å². The molecule has 2 bridgehead atoms. The quantitative estimate of drug-likeness (QED) is 0.151. The average molecular weight is 531 g/mol. The zero-order valence-electron chi connectivity index (χ0n) is 23.6. The van der Waals surface area contributed by atoms with Crippen molar-refractivity contribution in [3.05, 3.63) is 125 Å². The van der Waals surface area contributed by atoms with E-state index in [-0.39, 0.29) is 5.41 Å². The number of fused-ring (bicyclic) bond motifs is 1. The number of aliphatic imine (C=N–C) groups is 1. The van der Waals surface area contributed by atoms with Crippen molar-refractivity contribution < 1.29 is 0 Å². The predicted molar refractivity (Wildman–Crippen MR) is 168 cm³/mol. The van der Waals surface area contributed by atoms with E-state index in [1.165, 1.54) is 46.6 Å². The summed E-state index contributed by atoms with van der Waals surface area (Å²) in [7, 11) is -0.867. The molecule has 39 heavy (non-hydrogen) atoms. The summed E-state index contributed by atoms with van der Waals surface area (Å²) in [4.78, 5) is 5.36. The molecule has 3 aliphatic rings. The highest BCUT2D eigenvalue weighted by Crippen LogP contribution is 2.56. The van der Waals surface area contributed by atoms with Gasteiger partial charge in [-0.1, -0.05) is 117 Å². The maximum absolute atomic E-state index is 5.36. The number of nitrogens with one attached hydrogen (secondary N) is 1. The molecule has 4 aromatic carbocycles. The molecule has 0 spiro atoms. The molecule has 0 amide bonds. The topological polar surface area (TPSA) is 24.4 Å². The van der Waals surface area contributed by atoms with Crippen LogP contribution in [0.2, 0.25) is 0 Å². The number of para-hydroxylation sites is 1. The molecule has 3 saturated carbocycles. The molecule has 2 nitrogen and oxygen atoms in total. The highest BCUT2D eigenvalue weighted by Gasteiger charge is 2.44. The first-order valence-corrected chi connectivity index (χ1v) is 15.7. The van der Waals surface area contributed by atoms with Gasteiger partial charge >= 0.3 is 0 Å². The number of hydrogen-bond acceptors (Lipinski definition) is 1. The van der Waals surface area contributed by atoms with Gasteiger partial charge in [0.05, 0.1) is 13.8 Å². The number of hydrogen-bond donors (Lipinski definition) is 1. The van der Waals surface area contributed by atoms with Crippen molar-refractivity contribution in [3.63, 3.8) is 0 Å². The third-order valence-corrected chi connectivity index (χ3v) is 10.5. The number of benzene rings is 4. The Hall–Kier alpha value is -3.22. The Labute approximate surface area is 235 Å². The van der Waals surface area contributed by atoms with Crippen molar-refractivity contribution in [2.24, 2.45) is 16.8 Å². The van der Waals surface area contributed by atoms with Crippen molar-refractivity contribution in [1.29, 1.82) is 0 Å². The molecular weight excluding hydrogens is 491 g/mol. The largest absolute Gasteiger partial charge is 0.341 e. The third kappa shape index (κ3) is 5.59. The van der Waals surface area contributed by atoms with Gasteiger partial charge < -0.3 is 5.09 Å². The lowest BCUT2D eigenvalue weighted by atomic mass is 9.81. The fourth-order valence-electron chi connectivity index (χ4n) is 6.32. The smallest absolute Gasteiger partial charge is 0.137 e. The second-order valence-corrected chi connectivity index (χ2v) is 14.3. The van der Waals surface area contributed by atoms with Gasteiger partial charge in [0.2, 0.25) is 0 Å². The third-order valence-electron chi connectivity index (χ3n) is 8.49. The standard InChI is InChI=1S/C36H39N2P/c1-25-17-19-27(20-18-25)35(37-34-16-9-8-15-33(34)36(2,3)4)38-39(30-12-6-5-7-13-30)31-14-10-11-28(24-31)32-23-26-21-29(32)22-26/h5-20,24,26,29,32H,21-23H2,1-4H3,(H,37,38). The highest BCUT2D eigenvalue weighted by molar-refractivity contribution is 7.71. The lowest BCUT2D eigenvalue weighted by molar-refractivity contribution is 0.294. The summed E-state index contributed by atoms with van der Waals surface area (Å²) in [6.07, 6.45) is 4.22. The van der Waals surface area contributed by atoms with E-state index in [2.05, 4.69) is 136 Å². The van der Waals surface area contributed by atoms with Crippen LogP contribution in [0, 0.1) is 18.8 Å². The Morgan fingerprint density at radius 2 is 1.46 bits per heavy atom. The molecule has 0 aliphatic heterocycles. The first-order chi connectivity index (χ1) is 18.8. The molecule has 3 aliphatic carbocycles. The maximum Gasteiger partial charge on any atom is 0.137 e. The number of aryl methyl sites for hydroxylation is 1. The monoisotopic (exact) mass is 530 g/mol. The van der Waals surface area contributed by atoms with E-state index in [1.807, 2.05) is 0 Å². The van der Waals surface area contributed by atoms with Crippen LogP contribution in [-0.4, -0.2) is 5.84 Å². The van der Waals surface area contributed by atoms with Crippen molar-refractivity contribution in [2.75, 3.05) is 0 Å². The minimum absolute atomic E-state index is 0.00106. The zero-order chi connectivity index (χ0) is 27.0. The Morgan fingerprint density at radius 3 is 2.15 bits per heavy atom. The van der Waals surface area contributed by atoms with Crippen LogP contribution >= 0.6 is 8.07 Å². The van der Waals surface area contributed by atoms with E-state index in [0.717, 1.165) is 34.8 Å². The zero-order valence-corrected chi connectivity index (χ0v) is 24.5. The van der Waals surface area contributed by atoms with Crippen LogP contribution in [0.5, 0.6) is 0 Å². The lowest BCUT2D eigenvalue weighted by Crippen LogP contribution is -2.29. The molecule has 4 aromatic rings. The van der Waals surface area contributed by atoms with Crippen LogP contribution in [0.1, 0.15) is 68.2 Å². The average Bonchev–Trinajstić information content (AvgIpc) is 3.54. The normalized spacial score (nSPS) is 21.3. The highest BCUT2D eigenvalue weighted by atomic mass is 31.1. The molecule has 198 valence electrons. The maximum atomic E-state index is 5.36. The molecule has 0 radical (unpaired) electrons. The molecule has 3 fully saturated rings. The van der Waals surface area contributed by atoms with Crippen LogP contribution in [0.3, 0.4) is 0 Å². The van der Waals surface area contributed by atoms with Crippen molar-refractivity contribution >= 4 is 30.2 Å². The van der Waals surface area contributed by atoms with Gasteiger partial charge in [-0.3, -0.25) is 0 Å². The second-order valence-electron chi connectivity index (χ2n) is 12.4. The predicted octanol–water partition coefficient (Wildman–Crippen LogP) is 8.52. The van der Waals surface area contributed by atoms with Gasteiger partial charge in [0.15, 0.2) is 0 Å². The van der Waals surface area contributed by atoms with Crippen LogP contribution in [0.4, 0.5) is 5.69 Å². The molecular formula is C36H39N2P. The van der Waals surface area contributed by atoms with E-state index < -0.39 is 8.07 Å². The Morgan fingerprint density at radius 1 is 0.769 bits per heavy atom. The Bertz CT molecular complexity index is 1460. The van der Waals surface area contributed by atoms with Crippen molar-refractivity contribution in [1.82, 2.24) is 5.09 Å². The summed E-state index contributed by atoms with van der Waals surface area (Å²) >= 11 is 0. The summed E-state index contributed by atoms with van der Waals surface area (Å²) < 4.78 is 0. The Balaban J connectivity index is 1.45. The van der Waals surface area contributed by atoms with Gasteiger partial charge in [0, 0.05) is 16.2 Å². The molecule has 0 saturated heterocycles. The SMILES string of the molecule is Cc1ccc(C(=Nc2ccccc2C(C)(C)C)NP(c2ccccc2)c2cccc(C3CC4CC3C4)c2)cc1. The molecule has 0 aromatic heterocycles. The summed E-state index contributed by atoms with van der Waals surface area (Å²) in [6.45, 7) is 8.92. The fraction of sp³-hybridized carbons (Fsp3) is 0.306. The molecule has 2 atom stereocenters. The van der Waals surface area contributed by atoms with E-state index in [9.17, 15) is 0 Å². The molecule has 3 heteroatoms. The molecule has 2 unspecified atom stereocenters. The number of rotatable bonds is 6. The summed E-state index contributed by atoms with van der Waals surface area (Å²) in [5.74, 6) is 3.50. The number of amidine groups is 1. The first-order valence-electron chi connectivity index (χ1n) is 14.3. The van der Waals surface area contributed by atoms with Gasteiger partial charge in [0.1, 0.15) is 5.84 Å². The minimum Gasteiger partial charge on any atom is -0.341 e. The van der Waals surface area contributed by atoms with Gasteiger partial charge in [-0.05, 0) is 72.6 Å². The van der Waals surface area contributed by atoms with Gasteiger partial charge in [0.25, 0.3) is 0 Å². The van der Waals surface area contributed by atoms with Crippen LogP contribution in [0.25, 0.3) is 0 Å². The van der Waals surface area contributed by atoms with E-state index in [1.54, 1.807) is 0 Å². The van der Waals surface area contributed by atoms with Crippen LogP contribution in [0.15, 0.2) is 108 Å². The lowest BCUT2D eigenvalue weighted by Gasteiger charge is -2.26. The molecule has 7 rings (SSSR count). The number of nitrogens with zero attached hydrogens (tertiary/aromatic N) is 1. The van der Waals surface area contributed by atoms with Gasteiger partial charge in [-0.25, -0.2) is 4.99 Å². The minimum atomic E-state index is -0.867. The van der Waals surface area contributed by atoms with Crippen LogP contribution < -0.4 is 15.7 Å². The van der Waals surface area contributed by atoms with Crippen molar-refractivity contribution in [2.45, 2.75) is 58.3 Å². The van der Waals surface area contributed by atoms with Gasteiger partial charge in [-0.2, -0.15) is 0 Å². The second kappa shape index (κ2) is 10.7. The van der Waals surface area contributed by atoms with Crippen molar-refractivity contribution in [3.8, 4) is 0 Å². The Kier molecular flexibility index (Phi) is 7.17. The fourth-order valence-corrected chi connectivity index (χ4v) is 8.25.